The third kappa shape index (κ3) is 1.68. The molecule has 0 saturated carbocycles. The van der Waals surface area contributed by atoms with E-state index in [-0.39, 0.29) is 0 Å². The van der Waals surface area contributed by atoms with Gasteiger partial charge in [0.1, 0.15) is 17.8 Å². The summed E-state index contributed by atoms with van der Waals surface area (Å²) in [7, 11) is 0. The first-order valence-corrected chi connectivity index (χ1v) is 7.31. The highest BCUT2D eigenvalue weighted by Crippen LogP contribution is 2.36. The minimum absolute atomic E-state index is 0.424. The molecule has 0 atom stereocenters. The molecule has 0 spiro atoms. The molecule has 3 aromatic rings. The second-order valence-electron chi connectivity index (χ2n) is 5.87. The van der Waals surface area contributed by atoms with Gasteiger partial charge in [-0.1, -0.05) is 24.3 Å². The van der Waals surface area contributed by atoms with E-state index in [2.05, 4.69) is 52.6 Å². The first kappa shape index (κ1) is 12.4. The van der Waals surface area contributed by atoms with Gasteiger partial charge < -0.3 is 10.3 Å². The van der Waals surface area contributed by atoms with E-state index >= 15 is 0 Å². The van der Waals surface area contributed by atoms with E-state index < -0.39 is 0 Å². The summed E-state index contributed by atoms with van der Waals surface area (Å²) in [5.74, 6) is 0.579. The van der Waals surface area contributed by atoms with E-state index in [1.807, 2.05) is 0 Å². The number of anilines is 1. The fourth-order valence-corrected chi connectivity index (χ4v) is 3.62. The van der Waals surface area contributed by atoms with Crippen molar-refractivity contribution >= 4 is 16.9 Å². The Hall–Kier alpha value is -2.36. The number of hydrogen-bond acceptors (Lipinski definition) is 3. The van der Waals surface area contributed by atoms with E-state index in [0.29, 0.717) is 11.9 Å². The molecule has 0 saturated heterocycles. The molecule has 0 fully saturated rings. The van der Waals surface area contributed by atoms with Gasteiger partial charge in [0.15, 0.2) is 0 Å². The van der Waals surface area contributed by atoms with Crippen molar-refractivity contribution in [2.45, 2.75) is 32.7 Å². The van der Waals surface area contributed by atoms with E-state index in [4.69, 9.17) is 5.73 Å². The van der Waals surface area contributed by atoms with Crippen LogP contribution in [0.5, 0.6) is 0 Å². The minimum atomic E-state index is 0.424. The number of aromatic nitrogens is 3. The molecule has 0 amide bonds. The summed E-state index contributed by atoms with van der Waals surface area (Å²) in [6.45, 7) is 4.26. The summed E-state index contributed by atoms with van der Waals surface area (Å²) >= 11 is 0. The standard InChI is InChI=1S/C17H18N4/c1-10-11(2)21(17-15(10)16(18)19-9-20-17)14-7-12-5-3-4-6-13(12)8-14/h3-6,9,14H,7-8H2,1-2H3,(H2,18,19,20). The van der Waals surface area contributed by atoms with Crippen molar-refractivity contribution in [1.29, 1.82) is 0 Å². The number of fused-ring (bicyclic) bond motifs is 2. The van der Waals surface area contributed by atoms with E-state index in [1.165, 1.54) is 22.4 Å². The Labute approximate surface area is 123 Å². The number of hydrogen-bond donors (Lipinski definition) is 1. The Kier molecular flexibility index (Phi) is 2.55. The van der Waals surface area contributed by atoms with Crippen molar-refractivity contribution in [3.8, 4) is 0 Å². The maximum atomic E-state index is 6.06. The van der Waals surface area contributed by atoms with Gasteiger partial charge in [-0.15, -0.1) is 0 Å². The molecule has 1 aliphatic carbocycles. The zero-order chi connectivity index (χ0) is 14.6. The predicted octanol–water partition coefficient (Wildman–Crippen LogP) is 2.97. The minimum Gasteiger partial charge on any atom is -0.383 e. The van der Waals surface area contributed by atoms with Crippen LogP contribution in [0.1, 0.15) is 28.4 Å². The molecule has 0 unspecified atom stereocenters. The van der Waals surface area contributed by atoms with Gasteiger partial charge in [-0.2, -0.15) is 0 Å². The van der Waals surface area contributed by atoms with Gasteiger partial charge in [0.05, 0.1) is 5.39 Å². The molecule has 0 radical (unpaired) electrons. The Morgan fingerprint density at radius 2 is 1.76 bits per heavy atom. The van der Waals surface area contributed by atoms with Crippen molar-refractivity contribution in [2.24, 2.45) is 0 Å². The summed E-state index contributed by atoms with van der Waals surface area (Å²) in [5, 5.41) is 1.01. The van der Waals surface area contributed by atoms with Crippen LogP contribution in [0.25, 0.3) is 11.0 Å². The number of benzene rings is 1. The highest BCUT2D eigenvalue weighted by molar-refractivity contribution is 5.90. The molecule has 0 aliphatic heterocycles. The summed E-state index contributed by atoms with van der Waals surface area (Å²) in [5.41, 5.74) is 12.4. The average molecular weight is 278 g/mol. The topological polar surface area (TPSA) is 56.7 Å². The fourth-order valence-electron chi connectivity index (χ4n) is 3.62. The van der Waals surface area contributed by atoms with Crippen molar-refractivity contribution in [1.82, 2.24) is 14.5 Å². The molecule has 4 heteroatoms. The van der Waals surface area contributed by atoms with Crippen LogP contribution in [0.2, 0.25) is 0 Å². The van der Waals surface area contributed by atoms with Gasteiger partial charge in [0.2, 0.25) is 0 Å². The average Bonchev–Trinajstić information content (AvgIpc) is 3.00. The Bertz CT molecular complexity index is 822. The van der Waals surface area contributed by atoms with Gasteiger partial charge >= 0.3 is 0 Å². The third-order valence-electron chi connectivity index (χ3n) is 4.76. The predicted molar refractivity (Wildman–Crippen MR) is 84.3 cm³/mol. The molecule has 1 aliphatic rings. The molecule has 106 valence electrons. The van der Waals surface area contributed by atoms with Crippen LogP contribution < -0.4 is 5.73 Å². The van der Waals surface area contributed by atoms with E-state index in [9.17, 15) is 0 Å². The quantitative estimate of drug-likeness (QED) is 0.744. The van der Waals surface area contributed by atoms with Crippen LogP contribution in [0, 0.1) is 13.8 Å². The molecular formula is C17H18N4. The lowest BCUT2D eigenvalue weighted by Gasteiger charge is -2.15. The second-order valence-corrected chi connectivity index (χ2v) is 5.87. The zero-order valence-electron chi connectivity index (χ0n) is 12.3. The highest BCUT2D eigenvalue weighted by Gasteiger charge is 2.27. The second kappa shape index (κ2) is 4.32. The highest BCUT2D eigenvalue weighted by atomic mass is 15.1. The van der Waals surface area contributed by atoms with Crippen LogP contribution in [0.15, 0.2) is 30.6 Å². The molecule has 4 nitrogen and oxygen atoms in total. The smallest absolute Gasteiger partial charge is 0.146 e. The molecule has 0 bridgehead atoms. The van der Waals surface area contributed by atoms with Crippen molar-refractivity contribution in [2.75, 3.05) is 5.73 Å². The number of rotatable bonds is 1. The largest absolute Gasteiger partial charge is 0.383 e. The van der Waals surface area contributed by atoms with Gasteiger partial charge in [0, 0.05) is 11.7 Å². The summed E-state index contributed by atoms with van der Waals surface area (Å²) in [6, 6.07) is 9.12. The number of nitrogens with two attached hydrogens (primary N) is 1. The number of aryl methyl sites for hydroxylation is 1. The molecule has 2 heterocycles. The third-order valence-corrected chi connectivity index (χ3v) is 4.76. The van der Waals surface area contributed by atoms with Crippen molar-refractivity contribution in [3.05, 3.63) is 53.0 Å². The van der Waals surface area contributed by atoms with Crippen LogP contribution in [0.3, 0.4) is 0 Å². The fraction of sp³-hybridized carbons (Fsp3) is 0.294. The first-order chi connectivity index (χ1) is 10.2. The summed E-state index contributed by atoms with van der Waals surface area (Å²) in [6.07, 6.45) is 3.68. The van der Waals surface area contributed by atoms with E-state index in [1.54, 1.807) is 6.33 Å². The molecule has 21 heavy (non-hydrogen) atoms. The van der Waals surface area contributed by atoms with Crippen molar-refractivity contribution in [3.63, 3.8) is 0 Å². The molecule has 1 aromatic carbocycles. The SMILES string of the molecule is Cc1c(C)n(C2Cc3ccccc3C2)c2ncnc(N)c12. The van der Waals surface area contributed by atoms with E-state index in [0.717, 1.165) is 23.9 Å². The molecular weight excluding hydrogens is 260 g/mol. The van der Waals surface area contributed by atoms with Crippen LogP contribution in [-0.2, 0) is 12.8 Å². The lowest BCUT2D eigenvalue weighted by atomic mass is 10.1. The first-order valence-electron chi connectivity index (χ1n) is 7.31. The summed E-state index contributed by atoms with van der Waals surface area (Å²) < 4.78 is 2.35. The molecule has 2 N–H and O–H groups in total. The Morgan fingerprint density at radius 1 is 1.10 bits per heavy atom. The van der Waals surface area contributed by atoms with Gasteiger partial charge in [-0.25, -0.2) is 9.97 Å². The Balaban J connectivity index is 1.90. The molecule has 4 rings (SSSR count). The number of nitrogen functional groups attached to an aromatic ring is 1. The lowest BCUT2D eigenvalue weighted by Crippen LogP contribution is -2.11. The number of nitrogens with zero attached hydrogens (tertiary/aromatic N) is 3. The maximum absolute atomic E-state index is 6.06. The van der Waals surface area contributed by atoms with Gasteiger partial charge in [-0.3, -0.25) is 0 Å². The summed E-state index contributed by atoms with van der Waals surface area (Å²) in [4.78, 5) is 8.64. The monoisotopic (exact) mass is 278 g/mol. The maximum Gasteiger partial charge on any atom is 0.146 e. The lowest BCUT2D eigenvalue weighted by molar-refractivity contribution is 0.531. The molecule has 2 aromatic heterocycles. The van der Waals surface area contributed by atoms with Gasteiger partial charge in [0.25, 0.3) is 0 Å². The zero-order valence-corrected chi connectivity index (χ0v) is 12.3. The van der Waals surface area contributed by atoms with Crippen LogP contribution >= 0.6 is 0 Å². The van der Waals surface area contributed by atoms with Crippen molar-refractivity contribution < 1.29 is 0 Å². The van der Waals surface area contributed by atoms with Crippen LogP contribution in [0.4, 0.5) is 5.82 Å². The Morgan fingerprint density at radius 3 is 2.43 bits per heavy atom. The normalized spacial score (nSPS) is 14.8. The van der Waals surface area contributed by atoms with Crippen LogP contribution in [-0.4, -0.2) is 14.5 Å². The van der Waals surface area contributed by atoms with Gasteiger partial charge in [-0.05, 0) is 43.4 Å².